The summed E-state index contributed by atoms with van der Waals surface area (Å²) in [5, 5.41) is 0.623. The van der Waals surface area contributed by atoms with Crippen LogP contribution in [0.15, 0.2) is 48.5 Å². The molecule has 1 fully saturated rings. The van der Waals surface area contributed by atoms with Gasteiger partial charge in [0.05, 0.1) is 0 Å². The Bertz CT molecular complexity index is 784. The predicted octanol–water partition coefficient (Wildman–Crippen LogP) is 3.01. The van der Waals surface area contributed by atoms with Gasteiger partial charge in [-0.05, 0) is 43.3 Å². The number of hydrogen-bond acceptors (Lipinski definition) is 3. The summed E-state index contributed by atoms with van der Waals surface area (Å²) in [5.74, 6) is 0.539. The molecule has 0 aromatic heterocycles. The van der Waals surface area contributed by atoms with E-state index in [0.717, 1.165) is 5.56 Å². The quantitative estimate of drug-likeness (QED) is 0.829. The van der Waals surface area contributed by atoms with E-state index < -0.39 is 0 Å². The minimum Gasteiger partial charge on any atom is -0.484 e. The highest BCUT2D eigenvalue weighted by atomic mass is 35.5. The van der Waals surface area contributed by atoms with Crippen LogP contribution < -0.4 is 4.74 Å². The van der Waals surface area contributed by atoms with Crippen molar-refractivity contribution in [3.05, 3.63) is 64.7 Å². The first-order chi connectivity index (χ1) is 12.5. The van der Waals surface area contributed by atoms with E-state index >= 15 is 0 Å². The second kappa shape index (κ2) is 8.23. The topological polar surface area (TPSA) is 49.9 Å². The van der Waals surface area contributed by atoms with Crippen LogP contribution in [-0.4, -0.2) is 54.4 Å². The second-order valence-corrected chi connectivity index (χ2v) is 6.72. The van der Waals surface area contributed by atoms with Crippen LogP contribution >= 0.6 is 11.6 Å². The summed E-state index contributed by atoms with van der Waals surface area (Å²) in [7, 11) is 0. The summed E-state index contributed by atoms with van der Waals surface area (Å²) in [6, 6.07) is 14.5. The molecule has 26 heavy (non-hydrogen) atoms. The van der Waals surface area contributed by atoms with Gasteiger partial charge in [0, 0.05) is 36.8 Å². The number of benzene rings is 2. The van der Waals surface area contributed by atoms with Gasteiger partial charge in [-0.25, -0.2) is 0 Å². The lowest BCUT2D eigenvalue weighted by Crippen LogP contribution is -2.51. The predicted molar refractivity (Wildman–Crippen MR) is 101 cm³/mol. The number of carbonyl (C=O) groups is 2. The van der Waals surface area contributed by atoms with Crippen molar-refractivity contribution in [1.82, 2.24) is 9.80 Å². The number of carbonyl (C=O) groups excluding carboxylic acids is 2. The number of nitrogens with zero attached hydrogens (tertiary/aromatic N) is 2. The molecule has 0 radical (unpaired) electrons. The normalized spacial score (nSPS) is 14.2. The summed E-state index contributed by atoms with van der Waals surface area (Å²) < 4.78 is 5.50. The van der Waals surface area contributed by atoms with Crippen molar-refractivity contribution in [2.24, 2.45) is 0 Å². The third kappa shape index (κ3) is 4.55. The fourth-order valence-electron chi connectivity index (χ4n) is 2.89. The van der Waals surface area contributed by atoms with Crippen LogP contribution in [-0.2, 0) is 4.79 Å². The van der Waals surface area contributed by atoms with E-state index in [1.54, 1.807) is 34.1 Å². The molecule has 0 spiro atoms. The van der Waals surface area contributed by atoms with Crippen LogP contribution in [0.2, 0.25) is 5.02 Å². The Labute approximate surface area is 158 Å². The van der Waals surface area contributed by atoms with Crippen LogP contribution in [0.1, 0.15) is 15.9 Å². The molecule has 0 unspecified atom stereocenters. The van der Waals surface area contributed by atoms with Crippen LogP contribution in [0.4, 0.5) is 0 Å². The molecule has 6 heteroatoms. The molecule has 2 amide bonds. The van der Waals surface area contributed by atoms with Crippen LogP contribution in [0.3, 0.4) is 0 Å². The smallest absolute Gasteiger partial charge is 0.260 e. The molecule has 2 aromatic carbocycles. The molecular formula is C20H21ClN2O3. The molecule has 2 aromatic rings. The highest BCUT2D eigenvalue weighted by molar-refractivity contribution is 6.30. The summed E-state index contributed by atoms with van der Waals surface area (Å²) in [6.07, 6.45) is 0. The molecule has 0 saturated carbocycles. The highest BCUT2D eigenvalue weighted by Gasteiger charge is 2.25. The van der Waals surface area contributed by atoms with E-state index in [-0.39, 0.29) is 18.4 Å². The lowest BCUT2D eigenvalue weighted by Gasteiger charge is -2.34. The lowest BCUT2D eigenvalue weighted by atomic mass is 10.1. The van der Waals surface area contributed by atoms with Gasteiger partial charge in [-0.3, -0.25) is 9.59 Å². The van der Waals surface area contributed by atoms with Gasteiger partial charge in [-0.15, -0.1) is 0 Å². The summed E-state index contributed by atoms with van der Waals surface area (Å²) in [6.45, 7) is 4.03. The number of aryl methyl sites for hydroxylation is 1. The Morgan fingerprint density at radius 2 is 1.65 bits per heavy atom. The van der Waals surface area contributed by atoms with Crippen molar-refractivity contribution in [3.8, 4) is 5.75 Å². The SMILES string of the molecule is Cc1cccc(C(=O)N2CCN(C(=O)COc3ccc(Cl)cc3)CC2)c1. The number of rotatable bonds is 4. The van der Waals surface area contributed by atoms with Gasteiger partial charge in [0.1, 0.15) is 5.75 Å². The molecule has 0 atom stereocenters. The van der Waals surface area contributed by atoms with Gasteiger partial charge in [0.2, 0.25) is 0 Å². The molecule has 1 saturated heterocycles. The molecule has 0 bridgehead atoms. The second-order valence-electron chi connectivity index (χ2n) is 6.29. The van der Waals surface area contributed by atoms with Gasteiger partial charge in [-0.2, -0.15) is 0 Å². The summed E-state index contributed by atoms with van der Waals surface area (Å²) in [4.78, 5) is 28.4. The molecular weight excluding hydrogens is 352 g/mol. The minimum atomic E-state index is -0.0809. The minimum absolute atomic E-state index is 0.0122. The highest BCUT2D eigenvalue weighted by Crippen LogP contribution is 2.16. The zero-order valence-corrected chi connectivity index (χ0v) is 15.4. The van der Waals surface area contributed by atoms with Crippen molar-refractivity contribution in [2.75, 3.05) is 32.8 Å². The first-order valence-corrected chi connectivity index (χ1v) is 8.93. The van der Waals surface area contributed by atoms with E-state index in [2.05, 4.69) is 0 Å². The first kappa shape index (κ1) is 18.3. The summed E-state index contributed by atoms with van der Waals surface area (Å²) in [5.41, 5.74) is 1.75. The van der Waals surface area contributed by atoms with Gasteiger partial charge >= 0.3 is 0 Å². The molecule has 0 aliphatic carbocycles. The zero-order valence-electron chi connectivity index (χ0n) is 14.7. The maximum atomic E-state index is 12.6. The van der Waals surface area contributed by atoms with Gasteiger partial charge in [0.25, 0.3) is 11.8 Å². The van der Waals surface area contributed by atoms with E-state index in [4.69, 9.17) is 16.3 Å². The Kier molecular flexibility index (Phi) is 5.78. The summed E-state index contributed by atoms with van der Waals surface area (Å²) >= 11 is 5.83. The van der Waals surface area contributed by atoms with Crippen LogP contribution in [0.25, 0.3) is 0 Å². The molecule has 0 N–H and O–H groups in total. The van der Waals surface area contributed by atoms with Crippen molar-refractivity contribution in [2.45, 2.75) is 6.92 Å². The average molecular weight is 373 g/mol. The lowest BCUT2D eigenvalue weighted by molar-refractivity contribution is -0.134. The number of amides is 2. The molecule has 5 nitrogen and oxygen atoms in total. The van der Waals surface area contributed by atoms with Gasteiger partial charge in [0.15, 0.2) is 6.61 Å². The average Bonchev–Trinajstić information content (AvgIpc) is 2.67. The van der Waals surface area contributed by atoms with Crippen LogP contribution in [0.5, 0.6) is 5.75 Å². The van der Waals surface area contributed by atoms with E-state index in [0.29, 0.717) is 42.5 Å². The van der Waals surface area contributed by atoms with E-state index in [1.807, 2.05) is 31.2 Å². The fourth-order valence-corrected chi connectivity index (χ4v) is 3.01. The van der Waals surface area contributed by atoms with Crippen LogP contribution in [0, 0.1) is 6.92 Å². The molecule has 1 heterocycles. The maximum Gasteiger partial charge on any atom is 0.260 e. The third-order valence-electron chi connectivity index (χ3n) is 4.36. The van der Waals surface area contributed by atoms with Crippen molar-refractivity contribution < 1.29 is 14.3 Å². The standard InChI is InChI=1S/C20H21ClN2O3/c1-15-3-2-4-16(13-15)20(25)23-11-9-22(10-12-23)19(24)14-26-18-7-5-17(21)6-8-18/h2-8,13H,9-12,14H2,1H3. The van der Waals surface area contributed by atoms with E-state index in [1.165, 1.54) is 0 Å². The Morgan fingerprint density at radius 1 is 1.00 bits per heavy atom. The fraction of sp³-hybridized carbons (Fsp3) is 0.300. The Hall–Kier alpha value is -2.53. The number of hydrogen-bond donors (Lipinski definition) is 0. The third-order valence-corrected chi connectivity index (χ3v) is 4.61. The van der Waals surface area contributed by atoms with Crippen molar-refractivity contribution in [3.63, 3.8) is 0 Å². The van der Waals surface area contributed by atoms with Crippen molar-refractivity contribution >= 4 is 23.4 Å². The first-order valence-electron chi connectivity index (χ1n) is 8.55. The van der Waals surface area contributed by atoms with E-state index in [9.17, 15) is 9.59 Å². The molecule has 3 rings (SSSR count). The van der Waals surface area contributed by atoms with Crippen molar-refractivity contribution in [1.29, 1.82) is 0 Å². The molecule has 1 aliphatic heterocycles. The molecule has 1 aliphatic rings. The Balaban J connectivity index is 1.49. The Morgan fingerprint density at radius 3 is 2.31 bits per heavy atom. The van der Waals surface area contributed by atoms with Gasteiger partial charge in [-0.1, -0.05) is 29.3 Å². The number of ether oxygens (including phenoxy) is 1. The number of piperazine rings is 1. The van der Waals surface area contributed by atoms with Gasteiger partial charge < -0.3 is 14.5 Å². The maximum absolute atomic E-state index is 12.6. The number of halogens is 1. The molecule has 136 valence electrons. The zero-order chi connectivity index (χ0) is 18.5. The monoisotopic (exact) mass is 372 g/mol. The largest absolute Gasteiger partial charge is 0.484 e.